The van der Waals surface area contributed by atoms with Crippen molar-refractivity contribution in [3.05, 3.63) is 35.4 Å². The first kappa shape index (κ1) is 10.0. The average Bonchev–Trinajstić information content (AvgIpc) is 2.14. The van der Waals surface area contributed by atoms with E-state index in [1.807, 2.05) is 0 Å². The van der Waals surface area contributed by atoms with Crippen molar-refractivity contribution in [3.8, 4) is 0 Å². The second-order valence-electron chi connectivity index (χ2n) is 4.16. The molecule has 1 aromatic rings. The lowest BCUT2D eigenvalue weighted by atomic mass is 9.80. The van der Waals surface area contributed by atoms with Gasteiger partial charge in [0.1, 0.15) is 0 Å². The Bertz CT molecular complexity index is 272. The van der Waals surface area contributed by atoms with E-state index in [4.69, 9.17) is 11.6 Å². The lowest BCUT2D eigenvalue weighted by Gasteiger charge is -2.25. The van der Waals surface area contributed by atoms with E-state index in [1.165, 1.54) is 30.4 Å². The molecule has 1 saturated carbocycles. The molecule has 0 N–H and O–H groups in total. The van der Waals surface area contributed by atoms with Gasteiger partial charge in [-0.05, 0) is 42.7 Å². The number of aryl methyl sites for hydroxylation is 1. The van der Waals surface area contributed by atoms with Gasteiger partial charge in [-0.25, -0.2) is 0 Å². The Morgan fingerprint density at radius 1 is 1.14 bits per heavy atom. The van der Waals surface area contributed by atoms with Gasteiger partial charge in [0.2, 0.25) is 0 Å². The molecule has 1 aliphatic carbocycles. The van der Waals surface area contributed by atoms with Crippen LogP contribution in [0.15, 0.2) is 24.3 Å². The summed E-state index contributed by atoms with van der Waals surface area (Å²) in [7, 11) is 0. The van der Waals surface area contributed by atoms with Crippen molar-refractivity contribution in [2.45, 2.75) is 38.0 Å². The van der Waals surface area contributed by atoms with Gasteiger partial charge in [0, 0.05) is 5.88 Å². The molecule has 1 heteroatoms. The second kappa shape index (κ2) is 4.84. The predicted molar refractivity (Wildman–Crippen MR) is 62.1 cm³/mol. The van der Waals surface area contributed by atoms with Gasteiger partial charge in [0.25, 0.3) is 0 Å². The van der Waals surface area contributed by atoms with Crippen LogP contribution in [0.1, 0.15) is 42.7 Å². The minimum Gasteiger partial charge on any atom is -0.127 e. The van der Waals surface area contributed by atoms with E-state index in [2.05, 4.69) is 24.3 Å². The molecule has 1 aliphatic rings. The zero-order chi connectivity index (χ0) is 9.80. The molecule has 0 aliphatic heterocycles. The summed E-state index contributed by atoms with van der Waals surface area (Å²) in [6.45, 7) is 0. The van der Waals surface area contributed by atoms with E-state index in [1.54, 1.807) is 0 Å². The third kappa shape index (κ3) is 2.30. The molecule has 2 rings (SSSR count). The Morgan fingerprint density at radius 2 is 1.86 bits per heavy atom. The summed E-state index contributed by atoms with van der Waals surface area (Å²) >= 11 is 5.66. The molecule has 0 bridgehead atoms. The Hall–Kier alpha value is -0.490. The Morgan fingerprint density at radius 3 is 2.36 bits per heavy atom. The molecule has 1 aromatic carbocycles. The Kier molecular flexibility index (Phi) is 3.47. The average molecular weight is 209 g/mol. The van der Waals surface area contributed by atoms with E-state index < -0.39 is 0 Å². The highest BCUT2D eigenvalue weighted by Gasteiger charge is 2.18. The van der Waals surface area contributed by atoms with E-state index in [-0.39, 0.29) is 0 Å². The van der Waals surface area contributed by atoms with Gasteiger partial charge in [0.05, 0.1) is 0 Å². The highest BCUT2D eigenvalue weighted by Crippen LogP contribution is 2.36. The molecular weight excluding hydrogens is 192 g/mol. The van der Waals surface area contributed by atoms with Crippen LogP contribution in [-0.2, 0) is 6.42 Å². The van der Waals surface area contributed by atoms with Crippen LogP contribution in [0.25, 0.3) is 0 Å². The summed E-state index contributed by atoms with van der Waals surface area (Å²) in [5, 5.41) is 0. The number of benzene rings is 1. The SMILES string of the molecule is ClCCCc1ccc(C2CCC2)cc1. The van der Waals surface area contributed by atoms with Gasteiger partial charge in [-0.2, -0.15) is 0 Å². The van der Waals surface area contributed by atoms with Crippen LogP contribution in [0.2, 0.25) is 0 Å². The fourth-order valence-electron chi connectivity index (χ4n) is 1.97. The fraction of sp³-hybridized carbons (Fsp3) is 0.538. The largest absolute Gasteiger partial charge is 0.127 e. The molecule has 1 fully saturated rings. The van der Waals surface area contributed by atoms with Crippen molar-refractivity contribution in [3.63, 3.8) is 0 Å². The highest BCUT2D eigenvalue weighted by atomic mass is 35.5. The second-order valence-corrected chi connectivity index (χ2v) is 4.54. The number of hydrogen-bond acceptors (Lipinski definition) is 0. The summed E-state index contributed by atoms with van der Waals surface area (Å²) in [5.74, 6) is 1.63. The van der Waals surface area contributed by atoms with Gasteiger partial charge in [-0.3, -0.25) is 0 Å². The van der Waals surface area contributed by atoms with Gasteiger partial charge < -0.3 is 0 Å². The van der Waals surface area contributed by atoms with E-state index in [0.717, 1.165) is 24.6 Å². The van der Waals surface area contributed by atoms with Crippen molar-refractivity contribution in [1.82, 2.24) is 0 Å². The molecule has 0 radical (unpaired) electrons. The lowest BCUT2D eigenvalue weighted by molar-refractivity contribution is 0.419. The summed E-state index contributed by atoms with van der Waals surface area (Å²) in [5.41, 5.74) is 2.96. The molecule has 0 unspecified atom stereocenters. The molecule has 0 atom stereocenters. The smallest absolute Gasteiger partial charge is 0.0226 e. The van der Waals surface area contributed by atoms with Crippen LogP contribution in [0.4, 0.5) is 0 Å². The summed E-state index contributed by atoms with van der Waals surface area (Å²) in [6, 6.07) is 9.13. The zero-order valence-corrected chi connectivity index (χ0v) is 9.26. The van der Waals surface area contributed by atoms with E-state index >= 15 is 0 Å². The van der Waals surface area contributed by atoms with E-state index in [0.29, 0.717) is 0 Å². The Balaban J connectivity index is 1.95. The number of alkyl halides is 1. The molecule has 0 heterocycles. The molecule has 0 amide bonds. The number of halogens is 1. The first-order valence-corrected chi connectivity index (χ1v) is 6.08. The van der Waals surface area contributed by atoms with Crippen LogP contribution in [0, 0.1) is 0 Å². The highest BCUT2D eigenvalue weighted by molar-refractivity contribution is 6.17. The van der Waals surface area contributed by atoms with Crippen molar-refractivity contribution in [1.29, 1.82) is 0 Å². The molecule has 0 saturated heterocycles. The number of hydrogen-bond donors (Lipinski definition) is 0. The lowest BCUT2D eigenvalue weighted by Crippen LogP contribution is -2.08. The third-order valence-corrected chi connectivity index (χ3v) is 3.42. The van der Waals surface area contributed by atoms with Crippen molar-refractivity contribution < 1.29 is 0 Å². The van der Waals surface area contributed by atoms with Gasteiger partial charge in [-0.15, -0.1) is 11.6 Å². The minimum absolute atomic E-state index is 0.768. The van der Waals surface area contributed by atoms with Crippen LogP contribution in [0.3, 0.4) is 0 Å². The maximum absolute atomic E-state index is 5.66. The third-order valence-electron chi connectivity index (χ3n) is 3.16. The molecule has 0 spiro atoms. The van der Waals surface area contributed by atoms with E-state index in [9.17, 15) is 0 Å². The molecule has 14 heavy (non-hydrogen) atoms. The molecular formula is C13H17Cl. The molecule has 0 aromatic heterocycles. The molecule has 76 valence electrons. The maximum atomic E-state index is 5.66. The Labute approximate surface area is 91.3 Å². The van der Waals surface area contributed by atoms with Gasteiger partial charge in [-0.1, -0.05) is 30.7 Å². The summed E-state index contributed by atoms with van der Waals surface area (Å²) < 4.78 is 0. The van der Waals surface area contributed by atoms with Gasteiger partial charge >= 0.3 is 0 Å². The number of rotatable bonds is 4. The van der Waals surface area contributed by atoms with Crippen molar-refractivity contribution in [2.75, 3.05) is 5.88 Å². The quantitative estimate of drug-likeness (QED) is 0.653. The predicted octanol–water partition coefficient (Wildman–Crippen LogP) is 4.13. The first-order valence-electron chi connectivity index (χ1n) is 5.55. The van der Waals surface area contributed by atoms with Crippen LogP contribution in [-0.4, -0.2) is 5.88 Å². The standard InChI is InChI=1S/C13H17Cl/c14-10-2-3-11-6-8-13(9-7-11)12-4-1-5-12/h6-9,12H,1-5,10H2. The van der Waals surface area contributed by atoms with Crippen molar-refractivity contribution in [2.24, 2.45) is 0 Å². The fourth-order valence-corrected chi connectivity index (χ4v) is 2.10. The molecule has 0 nitrogen and oxygen atoms in total. The first-order chi connectivity index (χ1) is 6.90. The normalized spacial score (nSPS) is 16.6. The van der Waals surface area contributed by atoms with Gasteiger partial charge in [0.15, 0.2) is 0 Å². The van der Waals surface area contributed by atoms with Crippen LogP contribution in [0.5, 0.6) is 0 Å². The van der Waals surface area contributed by atoms with Crippen molar-refractivity contribution >= 4 is 11.6 Å². The monoisotopic (exact) mass is 208 g/mol. The summed E-state index contributed by atoms with van der Waals surface area (Å²) in [4.78, 5) is 0. The maximum Gasteiger partial charge on any atom is 0.0226 e. The summed E-state index contributed by atoms with van der Waals surface area (Å²) in [6.07, 6.45) is 6.40. The minimum atomic E-state index is 0.768. The zero-order valence-electron chi connectivity index (χ0n) is 8.51. The topological polar surface area (TPSA) is 0 Å². The van der Waals surface area contributed by atoms with Crippen LogP contribution >= 0.6 is 11.6 Å². The van der Waals surface area contributed by atoms with Crippen LogP contribution < -0.4 is 0 Å².